The van der Waals surface area contributed by atoms with Gasteiger partial charge in [-0.3, -0.25) is 4.79 Å². The van der Waals surface area contributed by atoms with Gasteiger partial charge in [-0.25, -0.2) is 0 Å². The third-order valence-electron chi connectivity index (χ3n) is 5.63. The molecule has 6 nitrogen and oxygen atoms in total. The Balaban J connectivity index is 2.05. The van der Waals surface area contributed by atoms with Gasteiger partial charge < -0.3 is 24.3 Å². The molecule has 2 aromatic rings. The van der Waals surface area contributed by atoms with Crippen LogP contribution in [0.4, 0.5) is 0 Å². The van der Waals surface area contributed by atoms with Crippen molar-refractivity contribution in [2.45, 2.75) is 31.8 Å². The van der Waals surface area contributed by atoms with Crippen LogP contribution in [-0.4, -0.2) is 34.2 Å². The number of Topliss-reactive ketones (excluding diaryl/α,β-unsaturated/α-hetero) is 1. The molecule has 0 bridgehead atoms. The van der Waals surface area contributed by atoms with Gasteiger partial charge in [0.15, 0.2) is 0 Å². The zero-order chi connectivity index (χ0) is 21.0. The maximum absolute atomic E-state index is 13.1. The van der Waals surface area contributed by atoms with Crippen LogP contribution < -0.4 is 24.3 Å². The number of methoxy groups -OCH3 is 4. The zero-order valence-electron chi connectivity index (χ0n) is 17.7. The van der Waals surface area contributed by atoms with Crippen LogP contribution in [0.25, 0.3) is 0 Å². The van der Waals surface area contributed by atoms with Crippen molar-refractivity contribution in [2.24, 2.45) is 5.92 Å². The second-order valence-corrected chi connectivity index (χ2v) is 7.10. The predicted molar refractivity (Wildman–Crippen MR) is 111 cm³/mol. The van der Waals surface area contributed by atoms with Crippen molar-refractivity contribution in [3.63, 3.8) is 0 Å². The van der Waals surface area contributed by atoms with Crippen molar-refractivity contribution < 1.29 is 23.7 Å². The largest absolute Gasteiger partial charge is 0.497 e. The highest BCUT2D eigenvalue weighted by Gasteiger charge is 2.39. The van der Waals surface area contributed by atoms with E-state index in [4.69, 9.17) is 18.9 Å². The van der Waals surface area contributed by atoms with E-state index in [1.54, 1.807) is 28.4 Å². The lowest BCUT2D eigenvalue weighted by molar-refractivity contribution is -0.126. The predicted octanol–water partition coefficient (Wildman–Crippen LogP) is 4.09. The Morgan fingerprint density at radius 1 is 0.862 bits per heavy atom. The van der Waals surface area contributed by atoms with E-state index >= 15 is 0 Å². The molecule has 0 aliphatic carbocycles. The van der Waals surface area contributed by atoms with Crippen molar-refractivity contribution in [1.29, 1.82) is 0 Å². The summed E-state index contributed by atoms with van der Waals surface area (Å²) in [5.74, 6) is 2.98. The molecular formula is C23H29NO5. The van der Waals surface area contributed by atoms with Gasteiger partial charge in [-0.15, -0.1) is 0 Å². The summed E-state index contributed by atoms with van der Waals surface area (Å²) in [4.78, 5) is 13.1. The van der Waals surface area contributed by atoms with Crippen molar-refractivity contribution in [3.05, 3.63) is 47.5 Å². The molecule has 156 valence electrons. The van der Waals surface area contributed by atoms with Gasteiger partial charge in [0.05, 0.1) is 28.4 Å². The molecule has 0 amide bonds. The summed E-state index contributed by atoms with van der Waals surface area (Å²) in [6.45, 7) is 2.04. The van der Waals surface area contributed by atoms with Crippen LogP contribution in [0.5, 0.6) is 23.0 Å². The first kappa shape index (κ1) is 21.0. The lowest BCUT2D eigenvalue weighted by atomic mass is 9.79. The Morgan fingerprint density at radius 2 is 1.41 bits per heavy atom. The topological polar surface area (TPSA) is 66.0 Å². The maximum Gasteiger partial charge on any atom is 0.139 e. The number of piperidine rings is 1. The van der Waals surface area contributed by atoms with Crippen LogP contribution in [0.15, 0.2) is 36.4 Å². The number of hydrogen-bond acceptors (Lipinski definition) is 6. The van der Waals surface area contributed by atoms with Gasteiger partial charge in [-0.05, 0) is 42.8 Å². The van der Waals surface area contributed by atoms with Gasteiger partial charge in [0.2, 0.25) is 0 Å². The second-order valence-electron chi connectivity index (χ2n) is 7.10. The minimum atomic E-state index is -0.202. The van der Waals surface area contributed by atoms with Crippen molar-refractivity contribution >= 4 is 5.78 Å². The van der Waals surface area contributed by atoms with Crippen molar-refractivity contribution in [2.75, 3.05) is 28.4 Å². The molecule has 1 heterocycles. The Morgan fingerprint density at radius 3 is 1.93 bits per heavy atom. The molecule has 3 rings (SSSR count). The highest BCUT2D eigenvalue weighted by atomic mass is 16.5. The first-order valence-corrected chi connectivity index (χ1v) is 9.78. The van der Waals surface area contributed by atoms with Gasteiger partial charge in [-0.2, -0.15) is 0 Å². The van der Waals surface area contributed by atoms with E-state index in [0.717, 1.165) is 40.5 Å². The average molecular weight is 399 g/mol. The summed E-state index contributed by atoms with van der Waals surface area (Å²) in [6.07, 6.45) is 1.13. The molecule has 1 aliphatic heterocycles. The number of carbonyl (C=O) groups is 1. The Kier molecular flexibility index (Phi) is 6.64. The third kappa shape index (κ3) is 4.17. The SMILES string of the molecule is CC[C@@H]1C(=O)C[C@H](c2cc(OC)ccc2OC)N[C@@H]1c1cc(OC)ccc1OC. The Hall–Kier alpha value is -2.73. The lowest BCUT2D eigenvalue weighted by Crippen LogP contribution is -2.42. The number of hydrogen-bond donors (Lipinski definition) is 1. The number of carbonyl (C=O) groups excluding carboxylic acids is 1. The van der Waals surface area contributed by atoms with Gasteiger partial charge in [0, 0.05) is 35.5 Å². The minimum Gasteiger partial charge on any atom is -0.497 e. The summed E-state index contributed by atoms with van der Waals surface area (Å²) in [5.41, 5.74) is 1.82. The fraction of sp³-hybridized carbons (Fsp3) is 0.435. The maximum atomic E-state index is 13.1. The Bertz CT molecular complexity index is 866. The molecule has 2 aromatic carbocycles. The summed E-state index contributed by atoms with van der Waals surface area (Å²) in [7, 11) is 6.53. The van der Waals surface area contributed by atoms with Gasteiger partial charge in [0.25, 0.3) is 0 Å². The van der Waals surface area contributed by atoms with Crippen LogP contribution in [0.1, 0.15) is 43.0 Å². The van der Waals surface area contributed by atoms with Crippen LogP contribution in [0, 0.1) is 5.92 Å². The van der Waals surface area contributed by atoms with Crippen molar-refractivity contribution in [3.8, 4) is 23.0 Å². The standard InChI is InChI=1S/C23H29NO5/c1-6-16-20(25)13-19(17-11-14(26-2)7-9-21(17)28-4)24-23(16)18-12-15(27-3)8-10-22(18)29-5/h7-12,16,19,23-24H,6,13H2,1-5H3/t16-,19-,23+/m1/s1. The van der Waals surface area contributed by atoms with Crippen LogP contribution in [0.2, 0.25) is 0 Å². The smallest absolute Gasteiger partial charge is 0.139 e. The summed E-state index contributed by atoms with van der Waals surface area (Å²) in [6, 6.07) is 10.9. The van der Waals surface area contributed by atoms with E-state index in [1.165, 1.54) is 0 Å². The van der Waals surface area contributed by atoms with E-state index < -0.39 is 0 Å². The van der Waals surface area contributed by atoms with E-state index in [9.17, 15) is 4.79 Å². The molecule has 0 aromatic heterocycles. The van der Waals surface area contributed by atoms with Gasteiger partial charge in [-0.1, -0.05) is 6.92 Å². The van der Waals surface area contributed by atoms with Crippen molar-refractivity contribution in [1.82, 2.24) is 5.32 Å². The number of ketones is 1. The molecule has 0 unspecified atom stereocenters. The molecule has 6 heteroatoms. The second kappa shape index (κ2) is 9.18. The van der Waals surface area contributed by atoms with Crippen LogP contribution in [0.3, 0.4) is 0 Å². The number of ether oxygens (including phenoxy) is 4. The quantitative estimate of drug-likeness (QED) is 0.756. The molecule has 1 fully saturated rings. The van der Waals surface area contributed by atoms with E-state index in [2.05, 4.69) is 5.32 Å². The molecule has 0 saturated carbocycles. The zero-order valence-corrected chi connectivity index (χ0v) is 17.7. The molecule has 0 spiro atoms. The molecule has 29 heavy (non-hydrogen) atoms. The summed E-state index contributed by atoms with van der Waals surface area (Å²) >= 11 is 0. The normalized spacial score (nSPS) is 21.6. The third-order valence-corrected chi connectivity index (χ3v) is 5.63. The monoisotopic (exact) mass is 399 g/mol. The summed E-state index contributed by atoms with van der Waals surface area (Å²) < 4.78 is 22.0. The Labute approximate surface area is 172 Å². The number of nitrogens with one attached hydrogen (secondary N) is 1. The van der Waals surface area contributed by atoms with Gasteiger partial charge >= 0.3 is 0 Å². The molecule has 1 saturated heterocycles. The summed E-state index contributed by atoms with van der Waals surface area (Å²) in [5, 5.41) is 3.68. The fourth-order valence-electron chi connectivity index (χ4n) is 4.09. The molecule has 3 atom stereocenters. The van der Waals surface area contributed by atoms with Crippen LogP contribution in [-0.2, 0) is 4.79 Å². The molecule has 1 N–H and O–H groups in total. The first-order valence-electron chi connectivity index (χ1n) is 9.78. The molecule has 0 radical (unpaired) electrons. The first-order chi connectivity index (χ1) is 14.1. The van der Waals surface area contributed by atoms with E-state index in [1.807, 2.05) is 43.3 Å². The molecular weight excluding hydrogens is 370 g/mol. The lowest BCUT2D eigenvalue weighted by Gasteiger charge is -2.37. The number of rotatable bonds is 7. The van der Waals surface area contributed by atoms with Gasteiger partial charge in [0.1, 0.15) is 28.8 Å². The van der Waals surface area contributed by atoms with E-state index in [0.29, 0.717) is 6.42 Å². The fourth-order valence-corrected chi connectivity index (χ4v) is 4.09. The molecule has 1 aliphatic rings. The van der Waals surface area contributed by atoms with Crippen LogP contribution >= 0.6 is 0 Å². The van der Waals surface area contributed by atoms with E-state index in [-0.39, 0.29) is 23.8 Å². The number of benzene rings is 2. The average Bonchev–Trinajstić information content (AvgIpc) is 2.77. The minimum absolute atomic E-state index is 0.149. The highest BCUT2D eigenvalue weighted by molar-refractivity contribution is 5.84. The highest BCUT2D eigenvalue weighted by Crippen LogP contribution is 2.43.